The van der Waals surface area contributed by atoms with Crippen LogP contribution in [0.15, 0.2) is 61.7 Å². The predicted molar refractivity (Wildman–Crippen MR) is 106 cm³/mol. The number of carbonyl (C=O) groups excluding carboxylic acids is 3. The Hall–Kier alpha value is -4.25. The first-order valence-electron chi connectivity index (χ1n) is 8.72. The van der Waals surface area contributed by atoms with Crippen LogP contribution in [0, 0.1) is 23.5 Å². The Kier molecular flexibility index (Phi) is 8.22. The Morgan fingerprint density at radius 2 is 1.58 bits per heavy atom. The number of esters is 2. The number of allylic oxidation sites excluding steroid dienone is 1. The standard InChI is InChI=1S/C23H16F2O6/c1-3-17(26)7-5-6-15-8-10-16(11-9-15)23(28)31-19-13-12-18(21(24)22(19)25)29-14-30-20(27)4-2/h3-4,8-13H,1-2,7,14H2. The topological polar surface area (TPSA) is 78.9 Å². The molecular formula is C23H16F2O6. The number of hydrogen-bond acceptors (Lipinski definition) is 6. The molecular weight excluding hydrogens is 410 g/mol. The van der Waals surface area contributed by atoms with Crippen LogP contribution in [0.25, 0.3) is 0 Å². The van der Waals surface area contributed by atoms with Gasteiger partial charge in [0.15, 0.2) is 17.3 Å². The van der Waals surface area contributed by atoms with Gasteiger partial charge in [-0.15, -0.1) is 0 Å². The van der Waals surface area contributed by atoms with Crippen LogP contribution >= 0.6 is 0 Å². The second-order valence-electron chi connectivity index (χ2n) is 5.74. The third-order valence-electron chi connectivity index (χ3n) is 3.64. The van der Waals surface area contributed by atoms with Crippen molar-refractivity contribution in [1.82, 2.24) is 0 Å². The summed E-state index contributed by atoms with van der Waals surface area (Å²) in [7, 11) is 0. The van der Waals surface area contributed by atoms with E-state index in [1.807, 2.05) is 0 Å². The van der Waals surface area contributed by atoms with Crippen molar-refractivity contribution in [3.63, 3.8) is 0 Å². The van der Waals surface area contributed by atoms with Gasteiger partial charge in [0.2, 0.25) is 18.4 Å². The zero-order chi connectivity index (χ0) is 22.8. The zero-order valence-electron chi connectivity index (χ0n) is 16.2. The second-order valence-corrected chi connectivity index (χ2v) is 5.74. The number of benzene rings is 2. The number of rotatable bonds is 8. The van der Waals surface area contributed by atoms with Crippen LogP contribution in [-0.2, 0) is 14.3 Å². The molecule has 0 aliphatic heterocycles. The Bertz CT molecular complexity index is 1080. The lowest BCUT2D eigenvalue weighted by Gasteiger charge is -2.10. The molecule has 6 nitrogen and oxygen atoms in total. The SMILES string of the molecule is C=CC(=O)CC#Cc1ccc(C(=O)Oc2ccc(OCOC(=O)C=C)c(F)c2F)cc1. The molecule has 0 aliphatic rings. The summed E-state index contributed by atoms with van der Waals surface area (Å²) >= 11 is 0. The molecule has 0 amide bonds. The summed E-state index contributed by atoms with van der Waals surface area (Å²) in [6.07, 6.45) is 2.08. The molecule has 0 saturated carbocycles. The van der Waals surface area contributed by atoms with E-state index >= 15 is 0 Å². The first-order chi connectivity index (χ1) is 14.8. The van der Waals surface area contributed by atoms with Crippen LogP contribution in [-0.4, -0.2) is 24.5 Å². The van der Waals surface area contributed by atoms with E-state index in [-0.39, 0.29) is 17.8 Å². The minimum absolute atomic E-state index is 0.0224. The predicted octanol–water partition coefficient (Wildman–Crippen LogP) is 3.75. The fourth-order valence-corrected chi connectivity index (χ4v) is 2.07. The van der Waals surface area contributed by atoms with E-state index in [1.165, 1.54) is 30.3 Å². The fourth-order valence-electron chi connectivity index (χ4n) is 2.07. The molecule has 0 bridgehead atoms. The highest BCUT2D eigenvalue weighted by molar-refractivity contribution is 5.91. The number of ketones is 1. The van der Waals surface area contributed by atoms with Gasteiger partial charge >= 0.3 is 11.9 Å². The molecule has 2 rings (SSSR count). The molecule has 8 heteroatoms. The molecule has 0 fully saturated rings. The van der Waals surface area contributed by atoms with Crippen LogP contribution in [0.5, 0.6) is 11.5 Å². The summed E-state index contributed by atoms with van der Waals surface area (Å²) < 4.78 is 42.5. The molecule has 0 radical (unpaired) electrons. The van der Waals surface area contributed by atoms with Crippen molar-refractivity contribution in [1.29, 1.82) is 0 Å². The van der Waals surface area contributed by atoms with Crippen molar-refractivity contribution >= 4 is 17.7 Å². The van der Waals surface area contributed by atoms with Gasteiger partial charge in [-0.05, 0) is 42.5 Å². The quantitative estimate of drug-likeness (QED) is 0.210. The first-order valence-corrected chi connectivity index (χ1v) is 8.72. The summed E-state index contributed by atoms with van der Waals surface area (Å²) in [5.41, 5.74) is 0.619. The van der Waals surface area contributed by atoms with E-state index in [4.69, 9.17) is 9.47 Å². The highest BCUT2D eigenvalue weighted by Crippen LogP contribution is 2.28. The van der Waals surface area contributed by atoms with Crippen LogP contribution in [0.4, 0.5) is 8.78 Å². The van der Waals surface area contributed by atoms with E-state index in [9.17, 15) is 23.2 Å². The number of hydrogen-bond donors (Lipinski definition) is 0. The maximum Gasteiger partial charge on any atom is 0.343 e. The lowest BCUT2D eigenvalue weighted by atomic mass is 10.1. The van der Waals surface area contributed by atoms with Gasteiger partial charge in [-0.1, -0.05) is 25.0 Å². The van der Waals surface area contributed by atoms with Gasteiger partial charge in [0.1, 0.15) is 0 Å². The van der Waals surface area contributed by atoms with Gasteiger partial charge in [0, 0.05) is 11.6 Å². The van der Waals surface area contributed by atoms with Gasteiger partial charge in [-0.25, -0.2) is 9.59 Å². The van der Waals surface area contributed by atoms with E-state index in [0.717, 1.165) is 18.2 Å². The number of ether oxygens (including phenoxy) is 3. The third-order valence-corrected chi connectivity index (χ3v) is 3.64. The highest BCUT2D eigenvalue weighted by Gasteiger charge is 2.19. The van der Waals surface area contributed by atoms with Crippen molar-refractivity contribution in [2.24, 2.45) is 0 Å². The normalized spacial score (nSPS) is 9.61. The maximum absolute atomic E-state index is 14.2. The Morgan fingerprint density at radius 3 is 2.23 bits per heavy atom. The van der Waals surface area contributed by atoms with Crippen molar-refractivity contribution in [3.8, 4) is 23.3 Å². The van der Waals surface area contributed by atoms with Crippen molar-refractivity contribution < 1.29 is 37.4 Å². The second kappa shape index (κ2) is 11.1. The van der Waals surface area contributed by atoms with Crippen LogP contribution in [0.2, 0.25) is 0 Å². The largest absolute Gasteiger partial charge is 0.454 e. The molecule has 0 heterocycles. The molecule has 31 heavy (non-hydrogen) atoms. The van der Waals surface area contributed by atoms with Crippen LogP contribution < -0.4 is 9.47 Å². The average Bonchev–Trinajstić information content (AvgIpc) is 2.78. The Morgan fingerprint density at radius 1 is 0.935 bits per heavy atom. The summed E-state index contributed by atoms with van der Waals surface area (Å²) in [6, 6.07) is 7.83. The average molecular weight is 426 g/mol. The number of carbonyl (C=O) groups is 3. The molecule has 0 atom stereocenters. The van der Waals surface area contributed by atoms with Gasteiger partial charge in [-0.3, -0.25) is 4.79 Å². The van der Waals surface area contributed by atoms with E-state index in [0.29, 0.717) is 5.56 Å². The van der Waals surface area contributed by atoms with Gasteiger partial charge in [0.05, 0.1) is 12.0 Å². The minimum atomic E-state index is -1.45. The number of halogens is 2. The van der Waals surface area contributed by atoms with E-state index in [2.05, 4.69) is 29.7 Å². The lowest BCUT2D eigenvalue weighted by Crippen LogP contribution is -2.11. The molecule has 0 unspecified atom stereocenters. The van der Waals surface area contributed by atoms with Gasteiger partial charge in [-0.2, -0.15) is 8.78 Å². The summed E-state index contributed by atoms with van der Waals surface area (Å²) in [6.45, 7) is 5.86. The summed E-state index contributed by atoms with van der Waals surface area (Å²) in [4.78, 5) is 34.2. The van der Waals surface area contributed by atoms with Crippen molar-refractivity contribution in [2.45, 2.75) is 6.42 Å². The lowest BCUT2D eigenvalue weighted by molar-refractivity contribution is -0.144. The van der Waals surface area contributed by atoms with Gasteiger partial charge in [0.25, 0.3) is 0 Å². The van der Waals surface area contributed by atoms with Crippen LogP contribution in [0.1, 0.15) is 22.3 Å². The molecule has 0 spiro atoms. The molecule has 2 aromatic rings. The first kappa shape index (κ1) is 23.0. The van der Waals surface area contributed by atoms with E-state index < -0.39 is 41.9 Å². The summed E-state index contributed by atoms with van der Waals surface area (Å²) in [5, 5.41) is 0. The molecule has 0 aliphatic carbocycles. The molecule has 0 N–H and O–H groups in total. The molecule has 158 valence electrons. The molecule has 0 aromatic heterocycles. The molecule has 2 aromatic carbocycles. The zero-order valence-corrected chi connectivity index (χ0v) is 16.2. The van der Waals surface area contributed by atoms with Crippen molar-refractivity contribution in [2.75, 3.05) is 6.79 Å². The minimum Gasteiger partial charge on any atom is -0.454 e. The Labute approximate surface area is 176 Å². The monoisotopic (exact) mass is 426 g/mol. The van der Waals surface area contributed by atoms with Crippen LogP contribution in [0.3, 0.4) is 0 Å². The maximum atomic E-state index is 14.2. The van der Waals surface area contributed by atoms with Crippen molar-refractivity contribution in [3.05, 3.63) is 84.5 Å². The summed E-state index contributed by atoms with van der Waals surface area (Å²) in [5.74, 6) is -0.575. The third kappa shape index (κ3) is 6.65. The fraction of sp³-hybridized carbons (Fsp3) is 0.0870. The Balaban J connectivity index is 2.03. The van der Waals surface area contributed by atoms with Gasteiger partial charge < -0.3 is 14.2 Å². The van der Waals surface area contributed by atoms with E-state index in [1.54, 1.807) is 0 Å². The smallest absolute Gasteiger partial charge is 0.343 e. The molecule has 0 saturated heterocycles. The highest BCUT2D eigenvalue weighted by atomic mass is 19.2.